The van der Waals surface area contributed by atoms with E-state index in [4.69, 9.17) is 9.84 Å². The van der Waals surface area contributed by atoms with Crippen LogP contribution in [0.1, 0.15) is 13.3 Å². The molecule has 0 amide bonds. The molecule has 0 bridgehead atoms. The Hall–Kier alpha value is -0.930. The van der Waals surface area contributed by atoms with Crippen molar-refractivity contribution < 1.29 is 14.6 Å². The third-order valence-corrected chi connectivity index (χ3v) is 1.95. The van der Waals surface area contributed by atoms with Crippen LogP contribution < -0.4 is 0 Å². The van der Waals surface area contributed by atoms with E-state index in [1.54, 1.807) is 12.2 Å². The van der Waals surface area contributed by atoms with Gasteiger partial charge in [0.05, 0.1) is 0 Å². The predicted molar refractivity (Wildman–Crippen MR) is 44.5 cm³/mol. The van der Waals surface area contributed by atoms with Gasteiger partial charge in [0.1, 0.15) is 6.79 Å². The van der Waals surface area contributed by atoms with Crippen LogP contribution >= 0.6 is 0 Å². The fourth-order valence-electron chi connectivity index (χ4n) is 1.19. The van der Waals surface area contributed by atoms with Gasteiger partial charge in [0.25, 0.3) is 0 Å². The quantitative estimate of drug-likeness (QED) is 0.634. The first-order valence-electron chi connectivity index (χ1n) is 3.81. The van der Waals surface area contributed by atoms with Gasteiger partial charge in [0.2, 0.25) is 0 Å². The van der Waals surface area contributed by atoms with Gasteiger partial charge in [-0.15, -0.1) is 0 Å². The molecule has 0 fully saturated rings. The van der Waals surface area contributed by atoms with Crippen molar-refractivity contribution in [2.24, 2.45) is 0 Å². The Balaban J connectivity index is 2.80. The van der Waals surface area contributed by atoms with E-state index in [1.165, 1.54) is 6.92 Å². The minimum Gasteiger partial charge on any atom is -0.371 e. The molecule has 0 aromatic rings. The minimum atomic E-state index is -0.927. The summed E-state index contributed by atoms with van der Waals surface area (Å²) in [5.41, 5.74) is -0.927. The van der Waals surface area contributed by atoms with Crippen LogP contribution in [0, 0.1) is 0 Å². The van der Waals surface area contributed by atoms with Gasteiger partial charge in [0.15, 0.2) is 11.4 Å². The lowest BCUT2D eigenvalue weighted by atomic mass is 9.91. The maximum absolute atomic E-state index is 11.2. The van der Waals surface area contributed by atoms with Crippen molar-refractivity contribution in [2.45, 2.75) is 18.9 Å². The second kappa shape index (κ2) is 3.65. The first-order valence-corrected chi connectivity index (χ1v) is 3.81. The molecular weight excluding hydrogens is 156 g/mol. The number of hydrogen-bond acceptors (Lipinski definition) is 3. The van der Waals surface area contributed by atoms with Gasteiger partial charge in [0, 0.05) is 6.42 Å². The summed E-state index contributed by atoms with van der Waals surface area (Å²) in [6.45, 7) is 1.02. The maximum atomic E-state index is 11.2. The van der Waals surface area contributed by atoms with Crippen molar-refractivity contribution in [3.63, 3.8) is 0 Å². The molecule has 3 heteroatoms. The van der Waals surface area contributed by atoms with E-state index >= 15 is 0 Å². The zero-order valence-corrected chi connectivity index (χ0v) is 6.99. The highest BCUT2D eigenvalue weighted by molar-refractivity contribution is 5.87. The van der Waals surface area contributed by atoms with Crippen LogP contribution in [-0.2, 0) is 9.53 Å². The van der Waals surface area contributed by atoms with Crippen molar-refractivity contribution >= 4 is 5.78 Å². The summed E-state index contributed by atoms with van der Waals surface area (Å²) in [6.07, 6.45) is 7.62. The van der Waals surface area contributed by atoms with Crippen molar-refractivity contribution in [1.82, 2.24) is 0 Å². The summed E-state index contributed by atoms with van der Waals surface area (Å²) in [7, 11) is 0. The van der Waals surface area contributed by atoms with Gasteiger partial charge in [-0.1, -0.05) is 18.2 Å². The molecule has 0 saturated heterocycles. The summed E-state index contributed by atoms with van der Waals surface area (Å²) in [4.78, 5) is 11.2. The van der Waals surface area contributed by atoms with E-state index in [0.29, 0.717) is 6.42 Å². The number of Topliss-reactive ketones (excluding diaryl/α,β-unsaturated/α-hetero) is 1. The summed E-state index contributed by atoms with van der Waals surface area (Å²) in [5.74, 6) is -0.0860. The van der Waals surface area contributed by atoms with Gasteiger partial charge < -0.3 is 9.84 Å². The van der Waals surface area contributed by atoms with Crippen LogP contribution in [0.2, 0.25) is 0 Å². The number of aliphatic hydroxyl groups excluding tert-OH is 1. The molecule has 0 radical (unpaired) electrons. The summed E-state index contributed by atoms with van der Waals surface area (Å²) >= 11 is 0. The summed E-state index contributed by atoms with van der Waals surface area (Å²) < 4.78 is 5.00. The van der Waals surface area contributed by atoms with E-state index < -0.39 is 12.4 Å². The molecule has 0 aromatic heterocycles. The summed E-state index contributed by atoms with van der Waals surface area (Å²) in [5, 5.41) is 8.60. The standard InChI is InChI=1S/C9H12O3/c1-8(11)9(12-7-10)5-3-2-4-6-9/h2-5,10H,6-7H2,1H3. The Morgan fingerprint density at radius 2 is 2.42 bits per heavy atom. The van der Waals surface area contributed by atoms with E-state index in [0.717, 1.165) is 0 Å². The van der Waals surface area contributed by atoms with Crippen LogP contribution in [0.4, 0.5) is 0 Å². The van der Waals surface area contributed by atoms with E-state index in [-0.39, 0.29) is 5.78 Å². The van der Waals surface area contributed by atoms with Crippen molar-refractivity contribution in [3.05, 3.63) is 24.3 Å². The van der Waals surface area contributed by atoms with E-state index in [2.05, 4.69) is 0 Å². The fraction of sp³-hybridized carbons (Fsp3) is 0.444. The molecule has 1 aliphatic carbocycles. The zero-order valence-electron chi connectivity index (χ0n) is 6.99. The van der Waals surface area contributed by atoms with Gasteiger partial charge in [-0.05, 0) is 13.0 Å². The number of aliphatic hydroxyl groups is 1. The highest BCUT2D eigenvalue weighted by Crippen LogP contribution is 2.23. The topological polar surface area (TPSA) is 46.5 Å². The van der Waals surface area contributed by atoms with Crippen LogP contribution in [-0.4, -0.2) is 23.3 Å². The third-order valence-electron chi connectivity index (χ3n) is 1.95. The van der Waals surface area contributed by atoms with Crippen molar-refractivity contribution in [2.75, 3.05) is 6.79 Å². The number of allylic oxidation sites excluding steroid dienone is 2. The maximum Gasteiger partial charge on any atom is 0.165 e. The molecule has 1 aliphatic rings. The first kappa shape index (κ1) is 9.16. The second-order valence-electron chi connectivity index (χ2n) is 2.71. The molecule has 0 aliphatic heterocycles. The van der Waals surface area contributed by atoms with Gasteiger partial charge in [-0.3, -0.25) is 4.79 Å². The Kier molecular flexibility index (Phi) is 2.78. The zero-order chi connectivity index (χ0) is 9.03. The molecule has 0 aromatic carbocycles. The van der Waals surface area contributed by atoms with E-state index in [9.17, 15) is 4.79 Å². The smallest absolute Gasteiger partial charge is 0.165 e. The molecule has 12 heavy (non-hydrogen) atoms. The minimum absolute atomic E-state index is 0.0860. The number of carbonyl (C=O) groups is 1. The molecule has 1 atom stereocenters. The Bertz CT molecular complexity index is 230. The summed E-state index contributed by atoms with van der Waals surface area (Å²) in [6, 6.07) is 0. The molecule has 3 nitrogen and oxygen atoms in total. The average molecular weight is 168 g/mol. The highest BCUT2D eigenvalue weighted by Gasteiger charge is 2.33. The Morgan fingerprint density at radius 3 is 2.83 bits per heavy atom. The molecule has 0 spiro atoms. The molecular formula is C9H12O3. The number of rotatable bonds is 3. The molecule has 1 unspecified atom stereocenters. The second-order valence-corrected chi connectivity index (χ2v) is 2.71. The van der Waals surface area contributed by atoms with Gasteiger partial charge in [-0.25, -0.2) is 0 Å². The van der Waals surface area contributed by atoms with Crippen LogP contribution in [0.15, 0.2) is 24.3 Å². The number of carbonyl (C=O) groups excluding carboxylic acids is 1. The molecule has 1 rings (SSSR count). The largest absolute Gasteiger partial charge is 0.371 e. The Labute approximate surface area is 71.3 Å². The lowest BCUT2D eigenvalue weighted by Crippen LogP contribution is -2.38. The van der Waals surface area contributed by atoms with Gasteiger partial charge in [-0.2, -0.15) is 0 Å². The molecule has 0 heterocycles. The lowest BCUT2D eigenvalue weighted by molar-refractivity contribution is -0.147. The van der Waals surface area contributed by atoms with E-state index in [1.807, 2.05) is 12.2 Å². The molecule has 1 N–H and O–H groups in total. The number of ketones is 1. The van der Waals surface area contributed by atoms with Gasteiger partial charge >= 0.3 is 0 Å². The fourth-order valence-corrected chi connectivity index (χ4v) is 1.19. The van der Waals surface area contributed by atoms with Crippen molar-refractivity contribution in [1.29, 1.82) is 0 Å². The number of ether oxygens (including phenoxy) is 1. The predicted octanol–water partition coefficient (Wildman–Crippen LogP) is 0.797. The van der Waals surface area contributed by atoms with Crippen LogP contribution in [0.3, 0.4) is 0 Å². The molecule has 66 valence electrons. The SMILES string of the molecule is CC(=O)C1(OCO)C=CC=CC1. The van der Waals surface area contributed by atoms with Crippen LogP contribution in [0.25, 0.3) is 0 Å². The lowest BCUT2D eigenvalue weighted by Gasteiger charge is -2.27. The highest BCUT2D eigenvalue weighted by atomic mass is 16.6. The van der Waals surface area contributed by atoms with Crippen molar-refractivity contribution in [3.8, 4) is 0 Å². The first-order chi connectivity index (χ1) is 5.71. The Morgan fingerprint density at radius 1 is 1.67 bits per heavy atom. The molecule has 0 saturated carbocycles. The third kappa shape index (κ3) is 1.62. The average Bonchev–Trinajstić information content (AvgIpc) is 2.06. The number of hydrogen-bond donors (Lipinski definition) is 1. The normalized spacial score (nSPS) is 27.5. The monoisotopic (exact) mass is 168 g/mol. The van der Waals surface area contributed by atoms with Crippen LogP contribution in [0.5, 0.6) is 0 Å².